The summed E-state index contributed by atoms with van der Waals surface area (Å²) in [5.74, 6) is 0. The molecule has 41 heavy (non-hydrogen) atoms. The minimum atomic E-state index is -0.0122. The minimum absolute atomic E-state index is 0.0122. The van der Waals surface area contributed by atoms with Crippen LogP contribution < -0.4 is 5.43 Å². The fourth-order valence-corrected chi connectivity index (χ4v) is 6.21. The van der Waals surface area contributed by atoms with Gasteiger partial charge in [-0.05, 0) is 71.8 Å². The smallest absolute Gasteiger partial charge is 0.200 e. The highest BCUT2D eigenvalue weighted by atomic mass is 16.3. The van der Waals surface area contributed by atoms with Gasteiger partial charge < -0.3 is 13.4 Å². The number of furan rings is 1. The van der Waals surface area contributed by atoms with Crippen LogP contribution in [0.25, 0.3) is 82.5 Å². The second kappa shape index (κ2) is 8.16. The average Bonchev–Trinajstić information content (AvgIpc) is 3.57. The van der Waals surface area contributed by atoms with Gasteiger partial charge in [-0.3, -0.25) is 9.78 Å². The third-order valence-electron chi connectivity index (χ3n) is 8.11. The van der Waals surface area contributed by atoms with Crippen molar-refractivity contribution in [1.82, 2.24) is 9.55 Å². The molecule has 0 fully saturated rings. The maximum absolute atomic E-state index is 13.0. The molecule has 0 aliphatic rings. The lowest BCUT2D eigenvalue weighted by Crippen LogP contribution is -2.01. The van der Waals surface area contributed by atoms with Crippen molar-refractivity contribution in [2.24, 2.45) is 0 Å². The van der Waals surface area contributed by atoms with Crippen molar-refractivity contribution in [2.75, 3.05) is 0 Å². The van der Waals surface area contributed by atoms with Crippen LogP contribution in [0.2, 0.25) is 0 Å². The van der Waals surface area contributed by atoms with E-state index in [0.717, 1.165) is 60.6 Å². The molecular weight excluding hydrogens is 508 g/mol. The van der Waals surface area contributed by atoms with Crippen molar-refractivity contribution in [3.63, 3.8) is 0 Å². The van der Waals surface area contributed by atoms with Crippen molar-refractivity contribution < 1.29 is 8.83 Å². The number of aromatic nitrogens is 2. The van der Waals surface area contributed by atoms with E-state index < -0.39 is 0 Å². The lowest BCUT2D eigenvalue weighted by molar-refractivity contribution is 0.660. The Morgan fingerprint density at radius 2 is 1.24 bits per heavy atom. The first kappa shape index (κ1) is 22.2. The van der Waals surface area contributed by atoms with E-state index in [-0.39, 0.29) is 5.43 Å². The van der Waals surface area contributed by atoms with E-state index in [2.05, 4.69) is 58.1 Å². The Hall–Kier alpha value is -5.68. The predicted molar refractivity (Wildman–Crippen MR) is 165 cm³/mol. The molecule has 0 radical (unpaired) electrons. The standard InChI is InChI=1S/C36H20N2O3/c39-36-27-6-2-4-8-31(27)41-33-19-22(11-14-28(33)36)21-9-12-23(13-10-21)38-29-20-37-18-17-24(29)25-15-16-32-34(35(25)38)26-5-1-3-7-30(26)40-32/h1-20H. The van der Waals surface area contributed by atoms with E-state index in [1.54, 1.807) is 6.07 Å². The van der Waals surface area contributed by atoms with Crippen LogP contribution in [-0.2, 0) is 0 Å². The van der Waals surface area contributed by atoms with Gasteiger partial charge in [0.25, 0.3) is 0 Å². The maximum Gasteiger partial charge on any atom is 0.200 e. The zero-order chi connectivity index (χ0) is 27.1. The van der Waals surface area contributed by atoms with Crippen LogP contribution in [0.5, 0.6) is 0 Å². The normalized spacial score (nSPS) is 12.0. The van der Waals surface area contributed by atoms with E-state index in [4.69, 9.17) is 8.83 Å². The Bertz CT molecular complexity index is 2550. The zero-order valence-electron chi connectivity index (χ0n) is 21.7. The fourth-order valence-electron chi connectivity index (χ4n) is 6.21. The largest absolute Gasteiger partial charge is 0.456 e. The van der Waals surface area contributed by atoms with E-state index in [0.29, 0.717) is 21.9 Å². The average molecular weight is 529 g/mol. The van der Waals surface area contributed by atoms with Crippen LogP contribution in [0.15, 0.2) is 135 Å². The second-order valence-electron chi connectivity index (χ2n) is 10.3. The van der Waals surface area contributed by atoms with Crippen LogP contribution in [0.3, 0.4) is 0 Å². The van der Waals surface area contributed by atoms with E-state index in [1.807, 2.05) is 67.0 Å². The Kier molecular flexibility index (Phi) is 4.41. The van der Waals surface area contributed by atoms with Crippen molar-refractivity contribution in [3.8, 4) is 16.8 Å². The highest BCUT2D eigenvalue weighted by molar-refractivity contribution is 6.24. The molecule has 0 atom stereocenters. The summed E-state index contributed by atoms with van der Waals surface area (Å²) in [6, 6.07) is 36.1. The molecule has 0 unspecified atom stereocenters. The number of rotatable bonds is 2. The molecular formula is C36H20N2O3. The van der Waals surface area contributed by atoms with Gasteiger partial charge in [-0.15, -0.1) is 0 Å². The van der Waals surface area contributed by atoms with Gasteiger partial charge in [0.05, 0.1) is 33.4 Å². The van der Waals surface area contributed by atoms with E-state index in [1.165, 1.54) is 0 Å². The highest BCUT2D eigenvalue weighted by Crippen LogP contribution is 2.40. The summed E-state index contributed by atoms with van der Waals surface area (Å²) in [5, 5.41) is 5.66. The monoisotopic (exact) mass is 528 g/mol. The molecule has 0 N–H and O–H groups in total. The molecule has 9 rings (SSSR count). The predicted octanol–water partition coefficient (Wildman–Crippen LogP) is 9.00. The molecule has 5 heteroatoms. The van der Waals surface area contributed by atoms with Gasteiger partial charge in [-0.25, -0.2) is 0 Å². The number of hydrogen-bond donors (Lipinski definition) is 0. The van der Waals surface area contributed by atoms with Crippen molar-refractivity contribution in [2.45, 2.75) is 0 Å². The first-order chi connectivity index (χ1) is 20.2. The summed E-state index contributed by atoms with van der Waals surface area (Å²) < 4.78 is 14.6. The van der Waals surface area contributed by atoms with Gasteiger partial charge in [-0.2, -0.15) is 0 Å². The zero-order valence-corrected chi connectivity index (χ0v) is 21.7. The van der Waals surface area contributed by atoms with Crippen molar-refractivity contribution >= 4 is 65.7 Å². The molecule has 0 spiro atoms. The van der Waals surface area contributed by atoms with Gasteiger partial charge in [0, 0.05) is 28.0 Å². The minimum Gasteiger partial charge on any atom is -0.456 e. The first-order valence-electron chi connectivity index (χ1n) is 13.5. The molecule has 192 valence electrons. The SMILES string of the molecule is O=c1c2ccccc2oc2cc(-c3ccc(-n4c5cnccc5c5ccc6oc7ccccc7c6c54)cc3)ccc12. The highest BCUT2D eigenvalue weighted by Gasteiger charge is 2.19. The Morgan fingerprint density at radius 3 is 2.10 bits per heavy atom. The lowest BCUT2D eigenvalue weighted by atomic mass is 10.0. The van der Waals surface area contributed by atoms with Gasteiger partial charge in [0.15, 0.2) is 0 Å². The number of pyridine rings is 1. The number of para-hydroxylation sites is 2. The summed E-state index contributed by atoms with van der Waals surface area (Å²) in [4.78, 5) is 17.5. The molecule has 9 aromatic rings. The lowest BCUT2D eigenvalue weighted by Gasteiger charge is -2.10. The number of nitrogens with zero attached hydrogens (tertiary/aromatic N) is 2. The molecule has 4 heterocycles. The van der Waals surface area contributed by atoms with Crippen molar-refractivity contribution in [1.29, 1.82) is 0 Å². The third-order valence-corrected chi connectivity index (χ3v) is 8.11. The molecule has 0 aliphatic heterocycles. The molecule has 0 aliphatic carbocycles. The molecule has 0 saturated heterocycles. The summed E-state index contributed by atoms with van der Waals surface area (Å²) in [6.07, 6.45) is 3.77. The molecule has 5 nitrogen and oxygen atoms in total. The molecule has 5 aromatic carbocycles. The van der Waals surface area contributed by atoms with Gasteiger partial charge in [0.2, 0.25) is 5.43 Å². The van der Waals surface area contributed by atoms with Crippen molar-refractivity contribution in [3.05, 3.63) is 132 Å². The van der Waals surface area contributed by atoms with Gasteiger partial charge in [-0.1, -0.05) is 48.5 Å². The Morgan fingerprint density at radius 1 is 0.561 bits per heavy atom. The topological polar surface area (TPSA) is 61.2 Å². The van der Waals surface area contributed by atoms with E-state index >= 15 is 0 Å². The van der Waals surface area contributed by atoms with Crippen LogP contribution in [-0.4, -0.2) is 9.55 Å². The third kappa shape index (κ3) is 3.11. The summed E-state index contributed by atoms with van der Waals surface area (Å²) in [6.45, 7) is 0. The van der Waals surface area contributed by atoms with Crippen LogP contribution >= 0.6 is 0 Å². The quantitative estimate of drug-likeness (QED) is 0.210. The van der Waals surface area contributed by atoms with Crippen LogP contribution in [0.4, 0.5) is 0 Å². The van der Waals surface area contributed by atoms with Crippen LogP contribution in [0.1, 0.15) is 0 Å². The summed E-state index contributed by atoms with van der Waals surface area (Å²) in [7, 11) is 0. The van der Waals surface area contributed by atoms with E-state index in [9.17, 15) is 4.79 Å². The molecule has 0 amide bonds. The number of fused-ring (bicyclic) bond motifs is 9. The molecule has 0 bridgehead atoms. The molecule has 0 saturated carbocycles. The number of hydrogen-bond acceptors (Lipinski definition) is 4. The summed E-state index contributed by atoms with van der Waals surface area (Å²) in [5.41, 5.74) is 8.07. The summed E-state index contributed by atoms with van der Waals surface area (Å²) >= 11 is 0. The maximum atomic E-state index is 13.0. The van der Waals surface area contributed by atoms with Gasteiger partial charge in [0.1, 0.15) is 22.3 Å². The Labute approximate surface area is 232 Å². The van der Waals surface area contributed by atoms with Gasteiger partial charge >= 0.3 is 0 Å². The first-order valence-corrected chi connectivity index (χ1v) is 13.5. The number of benzene rings is 5. The molecule has 4 aromatic heterocycles. The Balaban J connectivity index is 1.25. The second-order valence-corrected chi connectivity index (χ2v) is 10.3. The van der Waals surface area contributed by atoms with Crippen LogP contribution in [0, 0.1) is 0 Å². The fraction of sp³-hybridized carbons (Fsp3) is 0.